The molecule has 1 amide bonds. The lowest BCUT2D eigenvalue weighted by molar-refractivity contribution is -0.141. The summed E-state index contributed by atoms with van der Waals surface area (Å²) in [5, 5.41) is 19.0. The van der Waals surface area contributed by atoms with Gasteiger partial charge in [0.05, 0.1) is 0 Å². The van der Waals surface area contributed by atoms with E-state index < -0.39 is 23.9 Å². The van der Waals surface area contributed by atoms with E-state index in [1.807, 2.05) is 0 Å². The summed E-state index contributed by atoms with van der Waals surface area (Å²) in [5.41, 5.74) is -0.462. The van der Waals surface area contributed by atoms with Gasteiger partial charge in [-0.05, 0) is 38.3 Å². The predicted octanol–water partition coefficient (Wildman–Crippen LogP) is 2.44. The van der Waals surface area contributed by atoms with Crippen LogP contribution in [0.25, 0.3) is 0 Å². The van der Waals surface area contributed by atoms with Gasteiger partial charge in [0, 0.05) is 30.9 Å². The standard InChI is InChI=1S/C17H20F3N5O3/c1-10(24-8-5-12(22-24)16(27)28)15(26)21-6-2-7-25-13(11-3-4-11)9-14(23-25)17(18,19)20/h5,8-11H,2-4,6-7H2,1H3,(H,21,26)(H,27,28). The van der Waals surface area contributed by atoms with Crippen LogP contribution in [0.4, 0.5) is 13.2 Å². The molecule has 1 fully saturated rings. The molecule has 28 heavy (non-hydrogen) atoms. The molecule has 8 nitrogen and oxygen atoms in total. The summed E-state index contributed by atoms with van der Waals surface area (Å²) in [4.78, 5) is 23.0. The summed E-state index contributed by atoms with van der Waals surface area (Å²) in [6, 6.07) is 1.69. The zero-order chi connectivity index (χ0) is 20.5. The minimum Gasteiger partial charge on any atom is -0.476 e. The van der Waals surface area contributed by atoms with Gasteiger partial charge in [-0.15, -0.1) is 0 Å². The second kappa shape index (κ2) is 7.64. The Balaban J connectivity index is 1.52. The fourth-order valence-electron chi connectivity index (χ4n) is 2.83. The number of nitrogens with zero attached hydrogens (tertiary/aromatic N) is 4. The molecule has 2 heterocycles. The average Bonchev–Trinajstić information content (AvgIpc) is 3.18. The number of aromatic carboxylic acids is 1. The zero-order valence-electron chi connectivity index (χ0n) is 15.1. The van der Waals surface area contributed by atoms with E-state index in [4.69, 9.17) is 5.11 Å². The summed E-state index contributed by atoms with van der Waals surface area (Å²) < 4.78 is 41.3. The van der Waals surface area contributed by atoms with Crippen LogP contribution in [0, 0.1) is 0 Å². The van der Waals surface area contributed by atoms with Crippen LogP contribution in [0.2, 0.25) is 0 Å². The van der Waals surface area contributed by atoms with E-state index in [1.54, 1.807) is 6.92 Å². The van der Waals surface area contributed by atoms with E-state index in [1.165, 1.54) is 21.6 Å². The lowest BCUT2D eigenvalue weighted by Crippen LogP contribution is -2.32. The topological polar surface area (TPSA) is 102 Å². The fraction of sp³-hybridized carbons (Fsp3) is 0.529. The first kappa shape index (κ1) is 19.9. The minimum absolute atomic E-state index is 0.126. The molecule has 0 radical (unpaired) electrons. The number of hydrogen-bond acceptors (Lipinski definition) is 4. The van der Waals surface area contributed by atoms with E-state index in [2.05, 4.69) is 15.5 Å². The van der Waals surface area contributed by atoms with Gasteiger partial charge in [0.25, 0.3) is 0 Å². The molecular weight excluding hydrogens is 379 g/mol. The molecule has 0 saturated heterocycles. The summed E-state index contributed by atoms with van der Waals surface area (Å²) in [6.07, 6.45) is -0.940. The van der Waals surface area contributed by atoms with Crippen molar-refractivity contribution in [3.05, 3.63) is 35.4 Å². The van der Waals surface area contributed by atoms with Crippen LogP contribution >= 0.6 is 0 Å². The normalized spacial score (nSPS) is 15.4. The molecule has 1 unspecified atom stereocenters. The molecule has 3 rings (SSSR count). The lowest BCUT2D eigenvalue weighted by atomic mass is 10.2. The minimum atomic E-state index is -4.48. The van der Waals surface area contributed by atoms with Crippen molar-refractivity contribution >= 4 is 11.9 Å². The van der Waals surface area contributed by atoms with Crippen molar-refractivity contribution in [3.8, 4) is 0 Å². The Morgan fingerprint density at radius 2 is 2.07 bits per heavy atom. The first-order chi connectivity index (χ1) is 13.2. The van der Waals surface area contributed by atoms with Crippen LogP contribution in [0.5, 0.6) is 0 Å². The van der Waals surface area contributed by atoms with E-state index in [9.17, 15) is 22.8 Å². The molecule has 0 bridgehead atoms. The van der Waals surface area contributed by atoms with E-state index in [0.717, 1.165) is 18.9 Å². The SMILES string of the molecule is CC(C(=O)NCCCn1nc(C(F)(F)F)cc1C1CC1)n1ccc(C(=O)O)n1. The molecule has 1 aliphatic rings. The summed E-state index contributed by atoms with van der Waals surface area (Å²) in [5.74, 6) is -1.42. The fourth-order valence-corrected chi connectivity index (χ4v) is 2.83. The van der Waals surface area contributed by atoms with Gasteiger partial charge in [-0.3, -0.25) is 14.2 Å². The van der Waals surface area contributed by atoms with E-state index >= 15 is 0 Å². The van der Waals surface area contributed by atoms with Crippen molar-refractivity contribution in [3.63, 3.8) is 0 Å². The molecule has 2 aromatic heterocycles. The highest BCUT2D eigenvalue weighted by atomic mass is 19.4. The summed E-state index contributed by atoms with van der Waals surface area (Å²) in [7, 11) is 0. The highest BCUT2D eigenvalue weighted by Gasteiger charge is 2.37. The Hall–Kier alpha value is -2.85. The molecule has 0 spiro atoms. The van der Waals surface area contributed by atoms with Gasteiger partial charge in [0.15, 0.2) is 11.4 Å². The highest BCUT2D eigenvalue weighted by molar-refractivity contribution is 5.85. The third-order valence-corrected chi connectivity index (χ3v) is 4.55. The monoisotopic (exact) mass is 399 g/mol. The third-order valence-electron chi connectivity index (χ3n) is 4.55. The molecule has 0 aromatic carbocycles. The molecule has 1 aliphatic carbocycles. The maximum atomic E-state index is 12.9. The van der Waals surface area contributed by atoms with Gasteiger partial charge in [0.1, 0.15) is 6.04 Å². The first-order valence-corrected chi connectivity index (χ1v) is 8.88. The van der Waals surface area contributed by atoms with Crippen LogP contribution in [0.3, 0.4) is 0 Å². The van der Waals surface area contributed by atoms with E-state index in [0.29, 0.717) is 12.1 Å². The highest BCUT2D eigenvalue weighted by Crippen LogP contribution is 2.42. The number of rotatable bonds is 8. The van der Waals surface area contributed by atoms with Crippen LogP contribution in [0.15, 0.2) is 18.3 Å². The second-order valence-electron chi connectivity index (χ2n) is 6.76. The molecule has 1 atom stereocenters. The maximum Gasteiger partial charge on any atom is 0.435 e. The summed E-state index contributed by atoms with van der Waals surface area (Å²) in [6.45, 7) is 2.09. The van der Waals surface area contributed by atoms with Crippen LogP contribution in [0.1, 0.15) is 60.0 Å². The van der Waals surface area contributed by atoms with Crippen LogP contribution in [-0.4, -0.2) is 43.1 Å². The molecule has 2 N–H and O–H groups in total. The molecular formula is C17H20F3N5O3. The van der Waals surface area contributed by atoms with Crippen molar-refractivity contribution in [1.82, 2.24) is 24.9 Å². The van der Waals surface area contributed by atoms with Crippen LogP contribution in [-0.2, 0) is 17.5 Å². The van der Waals surface area contributed by atoms with Gasteiger partial charge < -0.3 is 10.4 Å². The average molecular weight is 399 g/mol. The van der Waals surface area contributed by atoms with Gasteiger partial charge in [-0.1, -0.05) is 0 Å². The van der Waals surface area contributed by atoms with E-state index in [-0.39, 0.29) is 30.6 Å². The van der Waals surface area contributed by atoms with Gasteiger partial charge >= 0.3 is 12.1 Å². The zero-order valence-corrected chi connectivity index (χ0v) is 15.1. The lowest BCUT2D eigenvalue weighted by Gasteiger charge is -2.13. The number of carbonyl (C=O) groups excluding carboxylic acids is 1. The number of amides is 1. The number of aromatic nitrogens is 4. The molecule has 1 saturated carbocycles. The van der Waals surface area contributed by atoms with Crippen molar-refractivity contribution in [2.24, 2.45) is 0 Å². The Kier molecular flexibility index (Phi) is 5.43. The van der Waals surface area contributed by atoms with Crippen molar-refractivity contribution < 1.29 is 27.9 Å². The van der Waals surface area contributed by atoms with Gasteiger partial charge in [-0.25, -0.2) is 4.79 Å². The smallest absolute Gasteiger partial charge is 0.435 e. The Labute approximate surface area is 158 Å². The number of hydrogen-bond donors (Lipinski definition) is 2. The number of halogens is 3. The summed E-state index contributed by atoms with van der Waals surface area (Å²) >= 11 is 0. The Bertz CT molecular complexity index is 870. The number of nitrogens with one attached hydrogen (secondary N) is 1. The number of carbonyl (C=O) groups is 2. The van der Waals surface area contributed by atoms with Crippen molar-refractivity contribution in [2.75, 3.05) is 6.54 Å². The number of alkyl halides is 3. The molecule has 11 heteroatoms. The third kappa shape index (κ3) is 4.52. The Morgan fingerprint density at radius 1 is 1.36 bits per heavy atom. The maximum absolute atomic E-state index is 12.9. The largest absolute Gasteiger partial charge is 0.476 e. The van der Waals surface area contributed by atoms with Crippen LogP contribution < -0.4 is 5.32 Å². The number of carboxylic acid groups (broad SMARTS) is 1. The number of carboxylic acids is 1. The molecule has 2 aromatic rings. The van der Waals surface area contributed by atoms with Crippen molar-refractivity contribution in [1.29, 1.82) is 0 Å². The van der Waals surface area contributed by atoms with Crippen molar-refractivity contribution in [2.45, 2.75) is 50.9 Å². The predicted molar refractivity (Wildman–Crippen MR) is 90.7 cm³/mol. The quantitative estimate of drug-likeness (QED) is 0.664. The Morgan fingerprint density at radius 3 is 2.64 bits per heavy atom. The molecule has 0 aliphatic heterocycles. The second-order valence-corrected chi connectivity index (χ2v) is 6.76. The van der Waals surface area contributed by atoms with Gasteiger partial charge in [-0.2, -0.15) is 23.4 Å². The molecule has 152 valence electrons. The van der Waals surface area contributed by atoms with Gasteiger partial charge in [0.2, 0.25) is 5.91 Å². The first-order valence-electron chi connectivity index (χ1n) is 8.88. The number of aryl methyl sites for hydroxylation is 1.